The second-order valence-corrected chi connectivity index (χ2v) is 11.2. The quantitative estimate of drug-likeness (QED) is 0.0859. The first-order valence-corrected chi connectivity index (χ1v) is 13.7. The van der Waals surface area contributed by atoms with Crippen molar-refractivity contribution >= 4 is 17.9 Å². The Morgan fingerprint density at radius 1 is 0.609 bits per heavy atom. The molecule has 0 radical (unpaired) electrons. The predicted octanol–water partition coefficient (Wildman–Crippen LogP) is -8.04. The highest BCUT2D eigenvalue weighted by atomic mass is 16.8. The molecule has 0 amide bonds. The van der Waals surface area contributed by atoms with Gasteiger partial charge in [0.15, 0.2) is 0 Å². The Morgan fingerprint density at radius 3 is 1.37 bits per heavy atom. The Hall–Kier alpha value is -2.23. The van der Waals surface area contributed by atoms with Gasteiger partial charge in [-0.15, -0.1) is 0 Å². The van der Waals surface area contributed by atoms with Gasteiger partial charge in [0, 0.05) is 19.3 Å². The number of rotatable bonds is 13. The van der Waals surface area contributed by atoms with E-state index in [1.165, 1.54) is 0 Å². The molecule has 0 unspecified atom stereocenters. The minimum absolute atomic E-state index is 1.10. The second-order valence-electron chi connectivity index (χ2n) is 11.2. The van der Waals surface area contributed by atoms with E-state index in [9.17, 15) is 85.9 Å². The summed E-state index contributed by atoms with van der Waals surface area (Å²) in [6.45, 7) is -3.47. The Labute approximate surface area is 257 Å². The summed E-state index contributed by atoms with van der Waals surface area (Å²) in [7, 11) is 0. The molecule has 0 aromatic heterocycles. The number of aliphatic carboxylic acids is 3. The SMILES string of the molecule is O=C(O)[C@@]1(O[C@@H]2C[C@@](O[C@@H]3C[C@](O)(C(=O)O)O[C@H]([C@H](O)CO)[C@@H]3O)(C(=O)O)O[C@H]([C@H](O)CO)[C@@H]2O)C[C@@H](O)[C@@H](O)[C@@H]([C@H](O)CO)O1. The van der Waals surface area contributed by atoms with Gasteiger partial charge in [-0.3, -0.25) is 0 Å². The van der Waals surface area contributed by atoms with Crippen LogP contribution in [0.3, 0.4) is 0 Å². The maximum absolute atomic E-state index is 12.7. The standard InChI is InChI=1S/C24H38O22/c25-4-8(29)16-13(32)7(28)1-23(45-16,20(37)38)43-12-3-24(21(39)40,46-18(15(12)34)10(31)6-27)42-11-2-22(41,19(35)36)44-17(14(11)33)9(30)5-26/h7-18,25-34,41H,1-6H2,(H,35,36)(H,37,38)(H,39,40)/t7-,8-,9-,10-,11-,12-,13-,14-,15-,16-,17-,18-,22-,23-,24+/m1/s1. The first kappa shape index (κ1) is 38.2. The fraction of sp³-hybridized carbons (Fsp3) is 0.875. The van der Waals surface area contributed by atoms with E-state index in [4.69, 9.17) is 23.7 Å². The van der Waals surface area contributed by atoms with Crippen molar-refractivity contribution in [2.75, 3.05) is 19.8 Å². The van der Waals surface area contributed by atoms with Gasteiger partial charge in [0.25, 0.3) is 17.4 Å². The van der Waals surface area contributed by atoms with E-state index in [0.29, 0.717) is 0 Å². The Kier molecular flexibility index (Phi) is 12.0. The number of carboxylic acids is 3. The van der Waals surface area contributed by atoms with Crippen molar-refractivity contribution in [3.63, 3.8) is 0 Å². The van der Waals surface area contributed by atoms with E-state index in [0.717, 1.165) is 0 Å². The highest BCUT2D eigenvalue weighted by Crippen LogP contribution is 2.42. The molecule has 0 aromatic carbocycles. The molecule has 0 aromatic rings. The molecule has 22 heteroatoms. The number of ether oxygens (including phenoxy) is 5. The van der Waals surface area contributed by atoms with Crippen LogP contribution >= 0.6 is 0 Å². The van der Waals surface area contributed by atoms with Gasteiger partial charge in [-0.2, -0.15) is 0 Å². The third kappa shape index (κ3) is 7.26. The van der Waals surface area contributed by atoms with Gasteiger partial charge in [-0.1, -0.05) is 0 Å². The molecule has 0 spiro atoms. The molecule has 3 saturated heterocycles. The molecule has 0 aliphatic carbocycles. The lowest BCUT2D eigenvalue weighted by Crippen LogP contribution is -2.69. The minimum atomic E-state index is -3.27. The number of carbonyl (C=O) groups is 3. The average Bonchev–Trinajstić information content (AvgIpc) is 3.00. The zero-order valence-corrected chi connectivity index (χ0v) is 23.7. The summed E-state index contributed by atoms with van der Waals surface area (Å²) < 4.78 is 26.4. The van der Waals surface area contributed by atoms with Crippen molar-refractivity contribution in [3.8, 4) is 0 Å². The van der Waals surface area contributed by atoms with Crippen molar-refractivity contribution in [1.29, 1.82) is 0 Å². The summed E-state index contributed by atoms with van der Waals surface area (Å²) in [6, 6.07) is 0. The molecule has 3 aliphatic heterocycles. The molecule has 3 aliphatic rings. The van der Waals surface area contributed by atoms with Crippen LogP contribution in [0.4, 0.5) is 0 Å². The fourth-order valence-electron chi connectivity index (χ4n) is 5.44. The van der Waals surface area contributed by atoms with E-state index < -0.39 is 148 Å². The van der Waals surface area contributed by atoms with Crippen LogP contribution in [-0.2, 0) is 38.1 Å². The molecule has 3 fully saturated rings. The summed E-state index contributed by atoms with van der Waals surface area (Å²) >= 11 is 0. The van der Waals surface area contributed by atoms with Gasteiger partial charge >= 0.3 is 17.9 Å². The van der Waals surface area contributed by atoms with Gasteiger partial charge in [-0.05, 0) is 0 Å². The normalized spacial score (nSPS) is 43.8. The largest absolute Gasteiger partial charge is 0.477 e. The van der Waals surface area contributed by atoms with Crippen molar-refractivity contribution in [3.05, 3.63) is 0 Å². The monoisotopic (exact) mass is 678 g/mol. The van der Waals surface area contributed by atoms with Crippen LogP contribution in [0, 0.1) is 0 Å². The number of carboxylic acid groups (broad SMARTS) is 3. The summed E-state index contributed by atoms with van der Waals surface area (Å²) in [6.07, 6.45) is -29.1. The van der Waals surface area contributed by atoms with E-state index in [2.05, 4.69) is 0 Å². The molecule has 266 valence electrons. The molecule has 14 N–H and O–H groups in total. The fourth-order valence-corrected chi connectivity index (χ4v) is 5.44. The van der Waals surface area contributed by atoms with Crippen LogP contribution in [0.1, 0.15) is 19.3 Å². The Balaban J connectivity index is 2.08. The van der Waals surface area contributed by atoms with Crippen LogP contribution in [0.25, 0.3) is 0 Å². The second kappa shape index (κ2) is 14.5. The third-order valence-corrected chi connectivity index (χ3v) is 7.94. The molecular formula is C24H38O22. The van der Waals surface area contributed by atoms with Gasteiger partial charge in [0.2, 0.25) is 0 Å². The van der Waals surface area contributed by atoms with E-state index >= 15 is 0 Å². The molecule has 46 heavy (non-hydrogen) atoms. The van der Waals surface area contributed by atoms with E-state index in [1.54, 1.807) is 0 Å². The van der Waals surface area contributed by atoms with Crippen molar-refractivity contribution in [1.82, 2.24) is 0 Å². The van der Waals surface area contributed by atoms with Gasteiger partial charge in [-0.25, -0.2) is 14.4 Å². The van der Waals surface area contributed by atoms with Crippen LogP contribution in [0.15, 0.2) is 0 Å². The number of aliphatic hydroxyl groups excluding tert-OH is 10. The van der Waals surface area contributed by atoms with E-state index in [1.807, 2.05) is 0 Å². The van der Waals surface area contributed by atoms with E-state index in [-0.39, 0.29) is 0 Å². The molecule has 22 nitrogen and oxygen atoms in total. The maximum Gasteiger partial charge on any atom is 0.364 e. The number of hydrogen-bond acceptors (Lipinski definition) is 19. The summed E-state index contributed by atoms with van der Waals surface area (Å²) in [5, 5.41) is 141. The molecule has 0 bridgehead atoms. The maximum atomic E-state index is 12.7. The van der Waals surface area contributed by atoms with Crippen molar-refractivity contribution in [2.24, 2.45) is 0 Å². The molecule has 3 rings (SSSR count). The topological polar surface area (TPSA) is 381 Å². The van der Waals surface area contributed by atoms with Crippen molar-refractivity contribution < 1.29 is 110 Å². The smallest absolute Gasteiger partial charge is 0.364 e. The van der Waals surface area contributed by atoms with Crippen LogP contribution < -0.4 is 0 Å². The number of hydrogen-bond donors (Lipinski definition) is 14. The van der Waals surface area contributed by atoms with Crippen LogP contribution in [0.5, 0.6) is 0 Å². The Bertz CT molecular complexity index is 1090. The molecular weight excluding hydrogens is 640 g/mol. The van der Waals surface area contributed by atoms with Crippen molar-refractivity contribution in [2.45, 2.75) is 110 Å². The highest BCUT2D eigenvalue weighted by molar-refractivity contribution is 5.77. The number of aliphatic hydroxyl groups is 11. The van der Waals surface area contributed by atoms with Gasteiger partial charge in [0.05, 0.1) is 38.1 Å². The zero-order chi connectivity index (χ0) is 34.9. The zero-order valence-electron chi connectivity index (χ0n) is 23.7. The van der Waals surface area contributed by atoms with Crippen LogP contribution in [-0.4, -0.2) is 200 Å². The summed E-state index contributed by atoms with van der Waals surface area (Å²) in [5.41, 5.74) is 0. The molecule has 0 saturated carbocycles. The summed E-state index contributed by atoms with van der Waals surface area (Å²) in [4.78, 5) is 36.9. The lowest BCUT2D eigenvalue weighted by atomic mass is 9.89. The summed E-state index contributed by atoms with van der Waals surface area (Å²) in [5.74, 6) is -15.9. The van der Waals surface area contributed by atoms with Gasteiger partial charge in [0.1, 0.15) is 54.9 Å². The Morgan fingerprint density at radius 2 is 0.978 bits per heavy atom. The first-order valence-electron chi connectivity index (χ1n) is 13.7. The third-order valence-electron chi connectivity index (χ3n) is 7.94. The minimum Gasteiger partial charge on any atom is -0.477 e. The average molecular weight is 679 g/mol. The van der Waals surface area contributed by atoms with Crippen LogP contribution in [0.2, 0.25) is 0 Å². The molecule has 3 heterocycles. The first-order chi connectivity index (χ1) is 21.3. The predicted molar refractivity (Wildman–Crippen MR) is 135 cm³/mol. The molecule has 15 atom stereocenters. The van der Waals surface area contributed by atoms with Gasteiger partial charge < -0.3 is 95.2 Å². The lowest BCUT2D eigenvalue weighted by Gasteiger charge is -2.51. The lowest BCUT2D eigenvalue weighted by molar-refractivity contribution is -0.390. The highest BCUT2D eigenvalue weighted by Gasteiger charge is 2.63.